The molecule has 0 aromatic heterocycles. The van der Waals surface area contributed by atoms with Crippen molar-refractivity contribution in [2.24, 2.45) is 0 Å². The SMILES string of the molecule is COc1cccc(/C=C/C(=O)c2c(O)cccc2OC)c1OC. The maximum Gasteiger partial charge on any atom is 0.193 e. The molecule has 0 bridgehead atoms. The molecule has 0 spiro atoms. The van der Waals surface area contributed by atoms with Crippen LogP contribution >= 0.6 is 0 Å². The van der Waals surface area contributed by atoms with Gasteiger partial charge in [0.25, 0.3) is 0 Å². The molecular weight excluding hydrogens is 296 g/mol. The van der Waals surface area contributed by atoms with Gasteiger partial charge in [-0.05, 0) is 30.4 Å². The molecule has 120 valence electrons. The molecule has 0 unspecified atom stereocenters. The molecule has 1 N–H and O–H groups in total. The van der Waals surface area contributed by atoms with Gasteiger partial charge in [0.1, 0.15) is 17.1 Å². The summed E-state index contributed by atoms with van der Waals surface area (Å²) < 4.78 is 15.7. The number of ketones is 1. The van der Waals surface area contributed by atoms with Gasteiger partial charge in [-0.2, -0.15) is 0 Å². The van der Waals surface area contributed by atoms with Gasteiger partial charge in [0, 0.05) is 5.56 Å². The zero-order valence-electron chi connectivity index (χ0n) is 13.2. The number of benzene rings is 2. The summed E-state index contributed by atoms with van der Waals surface area (Å²) in [6.45, 7) is 0. The van der Waals surface area contributed by atoms with Crippen LogP contribution in [-0.4, -0.2) is 32.2 Å². The lowest BCUT2D eigenvalue weighted by molar-refractivity contribution is 0.104. The van der Waals surface area contributed by atoms with Crippen LogP contribution in [0.3, 0.4) is 0 Å². The Bertz CT molecular complexity index is 734. The highest BCUT2D eigenvalue weighted by molar-refractivity contribution is 6.10. The molecule has 0 radical (unpaired) electrons. The molecule has 23 heavy (non-hydrogen) atoms. The summed E-state index contributed by atoms with van der Waals surface area (Å²) >= 11 is 0. The normalized spacial score (nSPS) is 10.6. The van der Waals surface area contributed by atoms with E-state index in [1.165, 1.54) is 26.4 Å². The van der Waals surface area contributed by atoms with E-state index in [4.69, 9.17) is 14.2 Å². The summed E-state index contributed by atoms with van der Waals surface area (Å²) in [4.78, 5) is 12.4. The number of ether oxygens (including phenoxy) is 3. The summed E-state index contributed by atoms with van der Waals surface area (Å²) in [5, 5.41) is 9.89. The molecule has 2 aromatic carbocycles. The Labute approximate surface area is 134 Å². The third kappa shape index (κ3) is 3.45. The van der Waals surface area contributed by atoms with Crippen molar-refractivity contribution in [3.63, 3.8) is 0 Å². The standard InChI is InChI=1S/C18H18O5/c1-21-15-8-5-7-13(19)17(15)14(20)11-10-12-6-4-9-16(22-2)18(12)23-3/h4-11,19H,1-3H3/b11-10+. The fraction of sp³-hybridized carbons (Fsp3) is 0.167. The van der Waals surface area contributed by atoms with E-state index in [1.807, 2.05) is 0 Å². The smallest absolute Gasteiger partial charge is 0.193 e. The number of phenols is 1. The van der Waals surface area contributed by atoms with E-state index in [-0.39, 0.29) is 17.1 Å². The lowest BCUT2D eigenvalue weighted by Crippen LogP contribution is -1.99. The number of allylic oxidation sites excluding steroid dienone is 1. The topological polar surface area (TPSA) is 65.0 Å². The average molecular weight is 314 g/mol. The van der Waals surface area contributed by atoms with Crippen molar-refractivity contribution in [2.45, 2.75) is 0 Å². The molecule has 2 rings (SSSR count). The number of phenolic OH excluding ortho intramolecular Hbond substituents is 1. The highest BCUT2D eigenvalue weighted by Gasteiger charge is 2.15. The Morgan fingerprint density at radius 1 is 0.957 bits per heavy atom. The number of hydrogen-bond acceptors (Lipinski definition) is 5. The minimum atomic E-state index is -0.371. The van der Waals surface area contributed by atoms with Gasteiger partial charge >= 0.3 is 0 Å². The van der Waals surface area contributed by atoms with Crippen LogP contribution in [0.2, 0.25) is 0 Å². The van der Waals surface area contributed by atoms with Crippen LogP contribution in [-0.2, 0) is 0 Å². The number of para-hydroxylation sites is 1. The molecule has 0 amide bonds. The highest BCUT2D eigenvalue weighted by Crippen LogP contribution is 2.32. The van der Waals surface area contributed by atoms with Crippen molar-refractivity contribution < 1.29 is 24.1 Å². The number of methoxy groups -OCH3 is 3. The molecule has 2 aromatic rings. The maximum absolute atomic E-state index is 12.4. The Morgan fingerprint density at radius 2 is 1.61 bits per heavy atom. The van der Waals surface area contributed by atoms with Crippen molar-refractivity contribution in [3.8, 4) is 23.0 Å². The third-order valence-electron chi connectivity index (χ3n) is 3.32. The van der Waals surface area contributed by atoms with E-state index >= 15 is 0 Å². The highest BCUT2D eigenvalue weighted by atomic mass is 16.5. The van der Waals surface area contributed by atoms with Gasteiger partial charge in [0.2, 0.25) is 0 Å². The van der Waals surface area contributed by atoms with Gasteiger partial charge in [0.15, 0.2) is 17.3 Å². The Morgan fingerprint density at radius 3 is 2.26 bits per heavy atom. The van der Waals surface area contributed by atoms with Gasteiger partial charge in [-0.1, -0.05) is 18.2 Å². The summed E-state index contributed by atoms with van der Waals surface area (Å²) in [5.74, 6) is 0.921. The van der Waals surface area contributed by atoms with Crippen LogP contribution in [0.25, 0.3) is 6.08 Å². The first-order chi connectivity index (χ1) is 11.1. The van der Waals surface area contributed by atoms with Gasteiger partial charge in [-0.3, -0.25) is 4.79 Å². The first-order valence-corrected chi connectivity index (χ1v) is 6.91. The van der Waals surface area contributed by atoms with E-state index in [0.717, 1.165) is 0 Å². The average Bonchev–Trinajstić information content (AvgIpc) is 2.58. The number of carbonyl (C=O) groups is 1. The molecule has 0 saturated carbocycles. The van der Waals surface area contributed by atoms with Gasteiger partial charge in [0.05, 0.1) is 21.3 Å². The quantitative estimate of drug-likeness (QED) is 0.654. The lowest BCUT2D eigenvalue weighted by Gasteiger charge is -2.10. The third-order valence-corrected chi connectivity index (χ3v) is 3.32. The van der Waals surface area contributed by atoms with Crippen molar-refractivity contribution in [2.75, 3.05) is 21.3 Å². The summed E-state index contributed by atoms with van der Waals surface area (Å²) in [7, 11) is 4.52. The second-order valence-electron chi connectivity index (χ2n) is 4.63. The number of rotatable bonds is 6. The van der Waals surface area contributed by atoms with E-state index in [2.05, 4.69) is 0 Å². The van der Waals surface area contributed by atoms with Crippen LogP contribution in [0.1, 0.15) is 15.9 Å². The van der Waals surface area contributed by atoms with Crippen molar-refractivity contribution in [3.05, 3.63) is 53.6 Å². The summed E-state index contributed by atoms with van der Waals surface area (Å²) in [6, 6.07) is 10.0. The predicted molar refractivity (Wildman–Crippen MR) is 87.6 cm³/mol. The van der Waals surface area contributed by atoms with Crippen LogP contribution < -0.4 is 14.2 Å². The Hall–Kier alpha value is -2.95. The minimum absolute atomic E-state index is 0.119. The molecule has 0 aliphatic rings. The fourth-order valence-electron chi connectivity index (χ4n) is 2.23. The van der Waals surface area contributed by atoms with Crippen LogP contribution in [0.15, 0.2) is 42.5 Å². The molecule has 5 heteroatoms. The Balaban J connectivity index is 2.37. The molecule has 0 heterocycles. The molecular formula is C18H18O5. The van der Waals surface area contributed by atoms with Crippen LogP contribution in [0.4, 0.5) is 0 Å². The van der Waals surface area contributed by atoms with Gasteiger partial charge < -0.3 is 19.3 Å². The van der Waals surface area contributed by atoms with Gasteiger partial charge in [-0.25, -0.2) is 0 Å². The summed E-state index contributed by atoms with van der Waals surface area (Å²) in [6.07, 6.45) is 2.96. The molecule has 0 aliphatic heterocycles. The largest absolute Gasteiger partial charge is 0.507 e. The Kier molecular flexibility index (Phi) is 5.25. The molecule has 0 fully saturated rings. The molecule has 0 atom stereocenters. The zero-order chi connectivity index (χ0) is 16.8. The van der Waals surface area contributed by atoms with Crippen LogP contribution in [0, 0.1) is 0 Å². The molecule has 0 aliphatic carbocycles. The van der Waals surface area contributed by atoms with Crippen molar-refractivity contribution in [1.29, 1.82) is 0 Å². The zero-order valence-corrected chi connectivity index (χ0v) is 13.2. The fourth-order valence-corrected chi connectivity index (χ4v) is 2.23. The minimum Gasteiger partial charge on any atom is -0.507 e. The lowest BCUT2D eigenvalue weighted by atomic mass is 10.1. The van der Waals surface area contributed by atoms with E-state index in [9.17, 15) is 9.90 Å². The van der Waals surface area contributed by atoms with E-state index in [1.54, 1.807) is 43.5 Å². The summed E-state index contributed by atoms with van der Waals surface area (Å²) in [5.41, 5.74) is 0.808. The second kappa shape index (κ2) is 7.35. The van der Waals surface area contributed by atoms with E-state index in [0.29, 0.717) is 22.8 Å². The first-order valence-electron chi connectivity index (χ1n) is 6.91. The first kappa shape index (κ1) is 16.4. The second-order valence-corrected chi connectivity index (χ2v) is 4.63. The van der Waals surface area contributed by atoms with Crippen molar-refractivity contribution >= 4 is 11.9 Å². The number of hydrogen-bond donors (Lipinski definition) is 1. The maximum atomic E-state index is 12.4. The number of carbonyl (C=O) groups excluding carboxylic acids is 1. The predicted octanol–water partition coefficient (Wildman–Crippen LogP) is 3.31. The monoisotopic (exact) mass is 314 g/mol. The molecule has 0 saturated heterocycles. The van der Waals surface area contributed by atoms with E-state index < -0.39 is 0 Å². The van der Waals surface area contributed by atoms with Crippen LogP contribution in [0.5, 0.6) is 23.0 Å². The molecule has 5 nitrogen and oxygen atoms in total. The number of aromatic hydroxyl groups is 1. The van der Waals surface area contributed by atoms with Gasteiger partial charge in [-0.15, -0.1) is 0 Å². The van der Waals surface area contributed by atoms with Crippen molar-refractivity contribution in [1.82, 2.24) is 0 Å².